The Morgan fingerprint density at radius 2 is 1.63 bits per heavy atom. The fourth-order valence-corrected chi connectivity index (χ4v) is 3.89. The molecular weight excluding hydrogens is 378 g/mol. The number of para-hydroxylation sites is 1. The fraction of sp³-hybridized carbons (Fsp3) is 0.292. The lowest BCUT2D eigenvalue weighted by molar-refractivity contribution is 0.0761. The minimum absolute atomic E-state index is 0.0717. The predicted molar refractivity (Wildman–Crippen MR) is 117 cm³/mol. The van der Waals surface area contributed by atoms with Crippen LogP contribution in [0.2, 0.25) is 0 Å². The van der Waals surface area contributed by atoms with Gasteiger partial charge in [-0.2, -0.15) is 0 Å². The zero-order valence-corrected chi connectivity index (χ0v) is 16.8. The van der Waals surface area contributed by atoms with Gasteiger partial charge in [0.05, 0.1) is 5.56 Å². The summed E-state index contributed by atoms with van der Waals surface area (Å²) in [6.45, 7) is 1.96. The van der Waals surface area contributed by atoms with Crippen molar-refractivity contribution in [1.29, 1.82) is 0 Å². The Kier molecular flexibility index (Phi) is 5.93. The van der Waals surface area contributed by atoms with Gasteiger partial charge in [0.25, 0.3) is 11.8 Å². The summed E-state index contributed by atoms with van der Waals surface area (Å²) < 4.78 is 0. The van der Waals surface area contributed by atoms with E-state index in [9.17, 15) is 14.4 Å². The highest BCUT2D eigenvalue weighted by Crippen LogP contribution is 2.16. The minimum Gasteiger partial charge on any atom is -0.348 e. The zero-order chi connectivity index (χ0) is 20.9. The zero-order valence-electron chi connectivity index (χ0n) is 16.8. The van der Waals surface area contributed by atoms with Gasteiger partial charge >= 0.3 is 0 Å². The van der Waals surface area contributed by atoms with Crippen LogP contribution in [-0.2, 0) is 6.54 Å². The Morgan fingerprint density at radius 3 is 2.37 bits per heavy atom. The Morgan fingerprint density at radius 1 is 0.933 bits per heavy atom. The minimum atomic E-state index is -0.310. The molecule has 2 N–H and O–H groups in total. The number of hydrogen-bond acceptors (Lipinski definition) is 3. The molecule has 0 saturated carbocycles. The van der Waals surface area contributed by atoms with E-state index in [1.165, 1.54) is 18.9 Å². The van der Waals surface area contributed by atoms with E-state index in [0.717, 1.165) is 31.5 Å². The number of aromatic amines is 1. The summed E-state index contributed by atoms with van der Waals surface area (Å²) in [5.41, 5.74) is 2.24. The normalized spacial score (nSPS) is 14.3. The first-order valence-corrected chi connectivity index (χ1v) is 10.4. The lowest BCUT2D eigenvalue weighted by atomic mass is 10.1. The van der Waals surface area contributed by atoms with Crippen LogP contribution in [0.3, 0.4) is 0 Å². The standard InChI is InChI=1S/C24H25N3O3/c28-22-15-20(19-7-3-4-8-21(19)26-22)23(29)25-16-17-9-11-18(12-10-17)24(30)27-13-5-1-2-6-14-27/h3-4,7-12,15H,1-2,5-6,13-14,16H2,(H,25,29)(H,26,28). The van der Waals surface area contributed by atoms with E-state index < -0.39 is 0 Å². The summed E-state index contributed by atoms with van der Waals surface area (Å²) in [6, 6.07) is 15.9. The first-order chi connectivity index (χ1) is 14.6. The van der Waals surface area contributed by atoms with Gasteiger partial charge in [0, 0.05) is 42.2 Å². The van der Waals surface area contributed by atoms with Crippen LogP contribution in [0.1, 0.15) is 52.0 Å². The summed E-state index contributed by atoms with van der Waals surface area (Å²) in [4.78, 5) is 41.9. The molecule has 2 aromatic carbocycles. The van der Waals surface area contributed by atoms with Crippen LogP contribution in [0, 0.1) is 0 Å². The van der Waals surface area contributed by atoms with Crippen molar-refractivity contribution in [2.24, 2.45) is 0 Å². The largest absolute Gasteiger partial charge is 0.348 e. The smallest absolute Gasteiger partial charge is 0.253 e. The van der Waals surface area contributed by atoms with E-state index in [2.05, 4.69) is 10.3 Å². The van der Waals surface area contributed by atoms with E-state index in [1.54, 1.807) is 6.07 Å². The highest BCUT2D eigenvalue weighted by molar-refractivity contribution is 6.05. The average molecular weight is 403 g/mol. The number of carbonyl (C=O) groups excluding carboxylic acids is 2. The van der Waals surface area contributed by atoms with Gasteiger partial charge in [-0.25, -0.2) is 0 Å². The number of likely N-dealkylation sites (tertiary alicyclic amines) is 1. The second-order valence-electron chi connectivity index (χ2n) is 7.68. The summed E-state index contributed by atoms with van der Waals surface area (Å²) >= 11 is 0. The molecule has 4 rings (SSSR count). The van der Waals surface area contributed by atoms with Crippen molar-refractivity contribution in [3.05, 3.63) is 81.6 Å². The van der Waals surface area contributed by atoms with E-state index in [-0.39, 0.29) is 17.4 Å². The van der Waals surface area contributed by atoms with Gasteiger partial charge in [-0.05, 0) is 36.6 Å². The van der Waals surface area contributed by atoms with Crippen molar-refractivity contribution in [2.45, 2.75) is 32.2 Å². The summed E-state index contributed by atoms with van der Waals surface area (Å²) in [5.74, 6) is -0.232. The molecule has 0 atom stereocenters. The van der Waals surface area contributed by atoms with Crippen molar-refractivity contribution >= 4 is 22.7 Å². The molecule has 0 radical (unpaired) electrons. The number of carbonyl (C=O) groups is 2. The molecule has 6 nitrogen and oxygen atoms in total. The van der Waals surface area contributed by atoms with Crippen LogP contribution in [0.4, 0.5) is 0 Å². The number of benzene rings is 2. The molecule has 154 valence electrons. The maximum absolute atomic E-state index is 12.7. The molecule has 2 heterocycles. The van der Waals surface area contributed by atoms with E-state index in [1.807, 2.05) is 47.4 Å². The van der Waals surface area contributed by atoms with Crippen LogP contribution >= 0.6 is 0 Å². The SMILES string of the molecule is O=C(NCc1ccc(C(=O)N2CCCCCC2)cc1)c1cc(=O)[nH]c2ccccc12. The number of H-pyrrole nitrogens is 1. The van der Waals surface area contributed by atoms with Gasteiger partial charge in [0.1, 0.15) is 0 Å². The number of amides is 2. The number of nitrogens with one attached hydrogen (secondary N) is 2. The van der Waals surface area contributed by atoms with Gasteiger partial charge in [0.2, 0.25) is 5.56 Å². The molecule has 0 unspecified atom stereocenters. The third kappa shape index (κ3) is 4.43. The number of pyridine rings is 1. The molecule has 0 aliphatic carbocycles. The predicted octanol–water partition coefficient (Wildman–Crippen LogP) is 3.47. The maximum atomic E-state index is 12.7. The van der Waals surface area contributed by atoms with Gasteiger partial charge in [-0.1, -0.05) is 43.2 Å². The Balaban J connectivity index is 1.43. The number of rotatable bonds is 4. The average Bonchev–Trinajstić information content (AvgIpc) is 3.06. The van der Waals surface area contributed by atoms with Crippen molar-refractivity contribution in [3.8, 4) is 0 Å². The highest BCUT2D eigenvalue weighted by Gasteiger charge is 2.17. The van der Waals surface area contributed by atoms with Crippen LogP contribution in [0.5, 0.6) is 0 Å². The van der Waals surface area contributed by atoms with E-state index in [4.69, 9.17) is 0 Å². The molecule has 0 spiro atoms. The Bertz CT molecular complexity index is 1110. The molecule has 30 heavy (non-hydrogen) atoms. The van der Waals surface area contributed by atoms with Gasteiger partial charge in [0.15, 0.2) is 0 Å². The van der Waals surface area contributed by atoms with E-state index in [0.29, 0.717) is 28.6 Å². The molecule has 1 saturated heterocycles. The third-order valence-corrected chi connectivity index (χ3v) is 5.54. The van der Waals surface area contributed by atoms with Crippen LogP contribution < -0.4 is 10.9 Å². The summed E-state index contributed by atoms with van der Waals surface area (Å²) in [7, 11) is 0. The molecule has 2 amide bonds. The van der Waals surface area contributed by atoms with Crippen LogP contribution in [-0.4, -0.2) is 34.8 Å². The fourth-order valence-electron chi connectivity index (χ4n) is 3.89. The monoisotopic (exact) mass is 403 g/mol. The van der Waals surface area contributed by atoms with Gasteiger partial charge in [-0.15, -0.1) is 0 Å². The Labute approximate surface area is 174 Å². The number of hydrogen-bond donors (Lipinski definition) is 2. The summed E-state index contributed by atoms with van der Waals surface area (Å²) in [6.07, 6.45) is 4.50. The molecular formula is C24H25N3O3. The Hall–Kier alpha value is -3.41. The van der Waals surface area contributed by atoms with Crippen molar-refractivity contribution in [3.63, 3.8) is 0 Å². The molecule has 1 aromatic heterocycles. The molecule has 1 fully saturated rings. The number of nitrogens with zero attached hydrogens (tertiary/aromatic N) is 1. The molecule has 1 aliphatic heterocycles. The van der Waals surface area contributed by atoms with Crippen molar-refractivity contribution in [1.82, 2.24) is 15.2 Å². The first-order valence-electron chi connectivity index (χ1n) is 10.4. The maximum Gasteiger partial charge on any atom is 0.253 e. The number of fused-ring (bicyclic) bond motifs is 1. The first kappa shape index (κ1) is 19.9. The number of aromatic nitrogens is 1. The molecule has 3 aromatic rings. The lowest BCUT2D eigenvalue weighted by Crippen LogP contribution is -2.31. The summed E-state index contributed by atoms with van der Waals surface area (Å²) in [5, 5.41) is 3.57. The van der Waals surface area contributed by atoms with Crippen LogP contribution in [0.25, 0.3) is 10.9 Å². The molecule has 1 aliphatic rings. The second-order valence-corrected chi connectivity index (χ2v) is 7.68. The van der Waals surface area contributed by atoms with Gasteiger partial charge in [-0.3, -0.25) is 14.4 Å². The molecule has 0 bridgehead atoms. The highest BCUT2D eigenvalue weighted by atomic mass is 16.2. The van der Waals surface area contributed by atoms with Crippen molar-refractivity contribution in [2.75, 3.05) is 13.1 Å². The molecule has 6 heteroatoms. The lowest BCUT2D eigenvalue weighted by Gasteiger charge is -2.20. The topological polar surface area (TPSA) is 82.3 Å². The van der Waals surface area contributed by atoms with Crippen LogP contribution in [0.15, 0.2) is 59.4 Å². The third-order valence-electron chi connectivity index (χ3n) is 5.54. The van der Waals surface area contributed by atoms with Crippen molar-refractivity contribution < 1.29 is 9.59 Å². The second kappa shape index (κ2) is 8.95. The van der Waals surface area contributed by atoms with E-state index >= 15 is 0 Å². The van der Waals surface area contributed by atoms with Gasteiger partial charge < -0.3 is 15.2 Å². The quantitative estimate of drug-likeness (QED) is 0.700.